The van der Waals surface area contributed by atoms with Crippen LogP contribution in [0.4, 0.5) is 0 Å². The second-order valence-electron chi connectivity index (χ2n) is 5.34. The first-order valence-corrected chi connectivity index (χ1v) is 6.79. The van der Waals surface area contributed by atoms with Crippen molar-refractivity contribution in [3.8, 4) is 0 Å². The van der Waals surface area contributed by atoms with Crippen LogP contribution >= 0.6 is 0 Å². The number of ether oxygens (including phenoxy) is 1. The van der Waals surface area contributed by atoms with Crippen LogP contribution in [0.25, 0.3) is 0 Å². The first-order valence-electron chi connectivity index (χ1n) is 6.79. The van der Waals surface area contributed by atoms with Crippen molar-refractivity contribution in [1.29, 1.82) is 0 Å². The molecule has 0 saturated heterocycles. The summed E-state index contributed by atoms with van der Waals surface area (Å²) in [6.07, 6.45) is 5.75. The number of nitrogens with one attached hydrogen (secondary N) is 1. The molecule has 2 fully saturated rings. The molecule has 0 radical (unpaired) electrons. The summed E-state index contributed by atoms with van der Waals surface area (Å²) in [5.41, 5.74) is 0. The van der Waals surface area contributed by atoms with Gasteiger partial charge in [-0.3, -0.25) is 4.90 Å². The Kier molecular flexibility index (Phi) is 4.62. The van der Waals surface area contributed by atoms with Crippen LogP contribution < -0.4 is 5.32 Å². The summed E-state index contributed by atoms with van der Waals surface area (Å²) in [6.45, 7) is 6.54. The molecule has 3 nitrogen and oxygen atoms in total. The van der Waals surface area contributed by atoms with E-state index in [0.29, 0.717) is 6.04 Å². The molecule has 0 heterocycles. The zero-order valence-corrected chi connectivity index (χ0v) is 10.7. The minimum atomic E-state index is 0.509. The lowest BCUT2D eigenvalue weighted by Gasteiger charge is -2.27. The van der Waals surface area contributed by atoms with Crippen molar-refractivity contribution < 1.29 is 4.74 Å². The largest absolute Gasteiger partial charge is 0.383 e. The van der Waals surface area contributed by atoms with Crippen molar-refractivity contribution in [3.63, 3.8) is 0 Å². The van der Waals surface area contributed by atoms with Crippen LogP contribution in [0.2, 0.25) is 0 Å². The summed E-state index contributed by atoms with van der Waals surface area (Å²) in [6, 6.07) is 1.40. The highest BCUT2D eigenvalue weighted by molar-refractivity contribution is 4.90. The lowest BCUT2D eigenvalue weighted by Crippen LogP contribution is -2.45. The average molecular weight is 226 g/mol. The van der Waals surface area contributed by atoms with Crippen LogP contribution in [0, 0.1) is 5.92 Å². The van der Waals surface area contributed by atoms with Gasteiger partial charge in [-0.05, 0) is 38.1 Å². The van der Waals surface area contributed by atoms with Crippen molar-refractivity contribution in [2.75, 3.05) is 33.4 Å². The molecule has 2 aliphatic rings. The minimum Gasteiger partial charge on any atom is -0.383 e. The van der Waals surface area contributed by atoms with E-state index in [1.807, 2.05) is 0 Å². The van der Waals surface area contributed by atoms with Crippen LogP contribution in [0.15, 0.2) is 0 Å². The molecule has 0 aliphatic heterocycles. The van der Waals surface area contributed by atoms with Gasteiger partial charge in [0.05, 0.1) is 6.61 Å². The zero-order valence-electron chi connectivity index (χ0n) is 10.7. The lowest BCUT2D eigenvalue weighted by atomic mass is 10.2. The van der Waals surface area contributed by atoms with E-state index < -0.39 is 0 Å². The van der Waals surface area contributed by atoms with E-state index in [2.05, 4.69) is 17.1 Å². The molecule has 1 atom stereocenters. The Hall–Kier alpha value is -0.120. The standard InChI is InChI=1S/C13H26N2O/c1-3-14-12(10-16-2)9-15(13-6-7-13)8-11-4-5-11/h11-14H,3-10H2,1-2H3. The van der Waals surface area contributed by atoms with Crippen molar-refractivity contribution in [2.45, 2.75) is 44.7 Å². The van der Waals surface area contributed by atoms with Gasteiger partial charge in [0.2, 0.25) is 0 Å². The van der Waals surface area contributed by atoms with Crippen molar-refractivity contribution in [1.82, 2.24) is 10.2 Å². The summed E-state index contributed by atoms with van der Waals surface area (Å²) in [4.78, 5) is 2.70. The molecule has 2 rings (SSSR count). The van der Waals surface area contributed by atoms with Crippen LogP contribution in [0.1, 0.15) is 32.6 Å². The van der Waals surface area contributed by atoms with Gasteiger partial charge in [0.15, 0.2) is 0 Å². The highest BCUT2D eigenvalue weighted by Gasteiger charge is 2.34. The Labute approximate surface area is 99.5 Å². The molecule has 0 amide bonds. The van der Waals surface area contributed by atoms with Crippen LogP contribution in [-0.2, 0) is 4.74 Å². The minimum absolute atomic E-state index is 0.509. The second kappa shape index (κ2) is 5.99. The molecule has 2 aliphatic carbocycles. The Morgan fingerprint density at radius 1 is 1.31 bits per heavy atom. The first kappa shape index (κ1) is 12.3. The van der Waals surface area contributed by atoms with Gasteiger partial charge >= 0.3 is 0 Å². The van der Waals surface area contributed by atoms with Gasteiger partial charge in [-0.2, -0.15) is 0 Å². The first-order chi connectivity index (χ1) is 7.83. The number of rotatable bonds is 9. The Balaban J connectivity index is 1.76. The molecule has 0 aromatic carbocycles. The van der Waals surface area contributed by atoms with Crippen molar-refractivity contribution in [2.24, 2.45) is 5.92 Å². The second-order valence-corrected chi connectivity index (χ2v) is 5.34. The quantitative estimate of drug-likeness (QED) is 0.644. The van der Waals surface area contributed by atoms with Crippen LogP contribution in [0.3, 0.4) is 0 Å². The SMILES string of the molecule is CCNC(COC)CN(CC1CC1)C1CC1. The van der Waals surface area contributed by atoms with Gasteiger partial charge in [-0.25, -0.2) is 0 Å². The number of nitrogens with zero attached hydrogens (tertiary/aromatic N) is 1. The number of methoxy groups -OCH3 is 1. The van der Waals surface area contributed by atoms with Gasteiger partial charge in [-0.1, -0.05) is 6.92 Å². The third kappa shape index (κ3) is 4.04. The smallest absolute Gasteiger partial charge is 0.0628 e. The van der Waals surface area contributed by atoms with Gasteiger partial charge in [0.25, 0.3) is 0 Å². The topological polar surface area (TPSA) is 24.5 Å². The fraction of sp³-hybridized carbons (Fsp3) is 1.00. The molecule has 3 heteroatoms. The van der Waals surface area contributed by atoms with E-state index in [9.17, 15) is 0 Å². The molecule has 2 saturated carbocycles. The average Bonchev–Trinajstić information content (AvgIpc) is 3.12. The summed E-state index contributed by atoms with van der Waals surface area (Å²) < 4.78 is 5.29. The summed E-state index contributed by atoms with van der Waals surface area (Å²) >= 11 is 0. The van der Waals surface area contributed by atoms with E-state index in [4.69, 9.17) is 4.74 Å². The van der Waals surface area contributed by atoms with E-state index in [1.54, 1.807) is 7.11 Å². The summed E-state index contributed by atoms with van der Waals surface area (Å²) in [5, 5.41) is 3.52. The zero-order chi connectivity index (χ0) is 11.4. The highest BCUT2D eigenvalue weighted by Crippen LogP contribution is 2.34. The molecular formula is C13H26N2O. The molecule has 0 aromatic rings. The maximum Gasteiger partial charge on any atom is 0.0628 e. The predicted octanol–water partition coefficient (Wildman–Crippen LogP) is 1.49. The third-order valence-electron chi connectivity index (χ3n) is 3.57. The van der Waals surface area contributed by atoms with Gasteiger partial charge < -0.3 is 10.1 Å². The molecular weight excluding hydrogens is 200 g/mol. The van der Waals surface area contributed by atoms with Gasteiger partial charge in [0.1, 0.15) is 0 Å². The Bertz CT molecular complexity index is 196. The van der Waals surface area contributed by atoms with Crippen molar-refractivity contribution >= 4 is 0 Å². The number of hydrogen-bond donors (Lipinski definition) is 1. The molecule has 0 bridgehead atoms. The molecule has 16 heavy (non-hydrogen) atoms. The third-order valence-corrected chi connectivity index (χ3v) is 3.57. The van der Waals surface area contributed by atoms with Crippen LogP contribution in [-0.4, -0.2) is 50.3 Å². The van der Waals surface area contributed by atoms with Gasteiger partial charge in [-0.15, -0.1) is 0 Å². The lowest BCUT2D eigenvalue weighted by molar-refractivity contribution is 0.133. The fourth-order valence-corrected chi connectivity index (χ4v) is 2.39. The number of likely N-dealkylation sites (N-methyl/N-ethyl adjacent to an activating group) is 1. The van der Waals surface area contributed by atoms with E-state index in [0.717, 1.165) is 25.1 Å². The fourth-order valence-electron chi connectivity index (χ4n) is 2.39. The monoisotopic (exact) mass is 226 g/mol. The van der Waals surface area contributed by atoms with E-state index in [1.165, 1.54) is 38.8 Å². The molecule has 94 valence electrons. The molecule has 0 spiro atoms. The summed E-state index contributed by atoms with van der Waals surface area (Å²) in [7, 11) is 1.80. The molecule has 1 unspecified atom stereocenters. The molecule has 0 aromatic heterocycles. The highest BCUT2D eigenvalue weighted by atomic mass is 16.5. The van der Waals surface area contributed by atoms with E-state index >= 15 is 0 Å². The Morgan fingerprint density at radius 2 is 2.06 bits per heavy atom. The van der Waals surface area contributed by atoms with Gasteiger partial charge in [0, 0.05) is 32.3 Å². The maximum absolute atomic E-state index is 5.29. The summed E-state index contributed by atoms with van der Waals surface area (Å²) in [5.74, 6) is 1.01. The van der Waals surface area contributed by atoms with E-state index in [-0.39, 0.29) is 0 Å². The maximum atomic E-state index is 5.29. The van der Waals surface area contributed by atoms with Crippen molar-refractivity contribution in [3.05, 3.63) is 0 Å². The predicted molar refractivity (Wildman–Crippen MR) is 66.7 cm³/mol. The normalized spacial score (nSPS) is 22.7. The number of hydrogen-bond acceptors (Lipinski definition) is 3. The van der Waals surface area contributed by atoms with Crippen LogP contribution in [0.5, 0.6) is 0 Å². The molecule has 1 N–H and O–H groups in total. The Morgan fingerprint density at radius 3 is 2.56 bits per heavy atom.